The second kappa shape index (κ2) is 9.53. The molecule has 0 saturated carbocycles. The smallest absolute Gasteiger partial charge is 0.333 e. The van der Waals surface area contributed by atoms with Crippen LogP contribution in [-0.2, 0) is 17.9 Å². The van der Waals surface area contributed by atoms with Crippen molar-refractivity contribution in [1.82, 2.24) is 19.1 Å². The SMILES string of the molecule is COc1ccc(NC(=O)Cn2c(=O)n(Cc3ccc(F)cc3)c(=O)c3nccnc32)cc1OC. The molecular formula is C23H20FN5O5. The Morgan fingerprint density at radius 3 is 2.38 bits per heavy atom. The molecule has 0 bridgehead atoms. The van der Waals surface area contributed by atoms with Crippen LogP contribution >= 0.6 is 0 Å². The zero-order valence-corrected chi connectivity index (χ0v) is 18.3. The van der Waals surface area contributed by atoms with E-state index in [0.717, 1.165) is 9.13 Å². The van der Waals surface area contributed by atoms with E-state index in [0.29, 0.717) is 22.7 Å². The monoisotopic (exact) mass is 465 g/mol. The van der Waals surface area contributed by atoms with Gasteiger partial charge >= 0.3 is 5.69 Å². The Bertz CT molecular complexity index is 1480. The number of carbonyl (C=O) groups excluding carboxylic acids is 1. The number of ether oxygens (including phenoxy) is 2. The van der Waals surface area contributed by atoms with Gasteiger partial charge in [-0.05, 0) is 29.8 Å². The quantitative estimate of drug-likeness (QED) is 0.442. The normalized spacial score (nSPS) is 10.8. The van der Waals surface area contributed by atoms with Gasteiger partial charge in [0.05, 0.1) is 20.8 Å². The minimum Gasteiger partial charge on any atom is -0.493 e. The van der Waals surface area contributed by atoms with Gasteiger partial charge < -0.3 is 14.8 Å². The summed E-state index contributed by atoms with van der Waals surface area (Å²) in [5, 5.41) is 2.69. The van der Waals surface area contributed by atoms with Gasteiger partial charge in [-0.25, -0.2) is 19.2 Å². The van der Waals surface area contributed by atoms with Crippen molar-refractivity contribution in [3.8, 4) is 11.5 Å². The number of halogens is 1. The molecule has 1 N–H and O–H groups in total. The third-order valence-corrected chi connectivity index (χ3v) is 5.07. The Morgan fingerprint density at radius 1 is 0.971 bits per heavy atom. The van der Waals surface area contributed by atoms with Crippen molar-refractivity contribution in [1.29, 1.82) is 0 Å². The number of carbonyl (C=O) groups is 1. The largest absolute Gasteiger partial charge is 0.493 e. The fourth-order valence-corrected chi connectivity index (χ4v) is 3.44. The first-order chi connectivity index (χ1) is 16.4. The first-order valence-electron chi connectivity index (χ1n) is 10.1. The lowest BCUT2D eigenvalue weighted by atomic mass is 10.2. The molecule has 34 heavy (non-hydrogen) atoms. The minimum atomic E-state index is -0.746. The van der Waals surface area contributed by atoms with Crippen LogP contribution < -0.4 is 26.0 Å². The highest BCUT2D eigenvalue weighted by molar-refractivity contribution is 5.91. The number of benzene rings is 2. The summed E-state index contributed by atoms with van der Waals surface area (Å²) in [5.74, 6) is -0.0644. The maximum atomic E-state index is 13.3. The third kappa shape index (κ3) is 4.49. The second-order valence-electron chi connectivity index (χ2n) is 7.23. The number of amides is 1. The number of hydrogen-bond acceptors (Lipinski definition) is 7. The molecule has 0 unspecified atom stereocenters. The van der Waals surface area contributed by atoms with E-state index in [-0.39, 0.29) is 17.7 Å². The number of nitrogens with one attached hydrogen (secondary N) is 1. The molecule has 4 rings (SSSR count). The number of hydrogen-bond donors (Lipinski definition) is 1. The zero-order valence-electron chi connectivity index (χ0n) is 18.3. The second-order valence-corrected chi connectivity index (χ2v) is 7.23. The van der Waals surface area contributed by atoms with Gasteiger partial charge in [0.15, 0.2) is 22.7 Å². The van der Waals surface area contributed by atoms with Crippen LogP contribution in [0.3, 0.4) is 0 Å². The molecule has 0 saturated heterocycles. The Hall–Kier alpha value is -4.54. The summed E-state index contributed by atoms with van der Waals surface area (Å²) in [4.78, 5) is 47.1. The maximum absolute atomic E-state index is 13.3. The average Bonchev–Trinajstić information content (AvgIpc) is 2.85. The van der Waals surface area contributed by atoms with Crippen LogP contribution in [0.2, 0.25) is 0 Å². The molecule has 0 fully saturated rings. The van der Waals surface area contributed by atoms with E-state index in [4.69, 9.17) is 9.47 Å². The molecule has 0 aliphatic rings. The van der Waals surface area contributed by atoms with Gasteiger partial charge in [0.25, 0.3) is 5.56 Å². The number of anilines is 1. The summed E-state index contributed by atoms with van der Waals surface area (Å²) in [6.07, 6.45) is 2.65. The lowest BCUT2D eigenvalue weighted by Gasteiger charge is -2.14. The van der Waals surface area contributed by atoms with Crippen LogP contribution in [0.25, 0.3) is 11.2 Å². The number of nitrogens with zero attached hydrogens (tertiary/aromatic N) is 4. The highest BCUT2D eigenvalue weighted by atomic mass is 19.1. The molecule has 0 atom stereocenters. The number of fused-ring (bicyclic) bond motifs is 1. The summed E-state index contributed by atoms with van der Waals surface area (Å²) >= 11 is 0. The first-order valence-corrected chi connectivity index (χ1v) is 10.1. The number of aromatic nitrogens is 4. The van der Waals surface area contributed by atoms with Crippen molar-refractivity contribution >= 4 is 22.8 Å². The van der Waals surface area contributed by atoms with E-state index in [2.05, 4.69) is 15.3 Å². The molecule has 1 amide bonds. The Labute approximate surface area is 192 Å². The maximum Gasteiger partial charge on any atom is 0.333 e. The van der Waals surface area contributed by atoms with E-state index in [1.54, 1.807) is 18.2 Å². The van der Waals surface area contributed by atoms with E-state index >= 15 is 0 Å². The molecule has 2 heterocycles. The third-order valence-electron chi connectivity index (χ3n) is 5.07. The van der Waals surface area contributed by atoms with Gasteiger partial charge in [-0.2, -0.15) is 0 Å². The Morgan fingerprint density at radius 2 is 1.68 bits per heavy atom. The Kier molecular flexibility index (Phi) is 6.35. The van der Waals surface area contributed by atoms with E-state index < -0.39 is 29.5 Å². The van der Waals surface area contributed by atoms with Crippen molar-refractivity contribution in [3.63, 3.8) is 0 Å². The van der Waals surface area contributed by atoms with Gasteiger partial charge in [0, 0.05) is 24.1 Å². The van der Waals surface area contributed by atoms with Gasteiger partial charge in [-0.1, -0.05) is 12.1 Å². The fourth-order valence-electron chi connectivity index (χ4n) is 3.44. The highest BCUT2D eigenvalue weighted by Crippen LogP contribution is 2.29. The standard InChI is InChI=1S/C23H20FN5O5/c1-33-17-8-7-16(11-18(17)34-2)27-19(30)13-28-21-20(25-9-10-26-21)22(31)29(23(28)32)12-14-3-5-15(24)6-4-14/h3-11H,12-13H2,1-2H3,(H,27,30). The van der Waals surface area contributed by atoms with Crippen LogP contribution in [0.1, 0.15) is 5.56 Å². The topological polar surface area (TPSA) is 117 Å². The summed E-state index contributed by atoms with van der Waals surface area (Å²) in [6.45, 7) is -0.548. The van der Waals surface area contributed by atoms with Crippen molar-refractivity contribution in [2.24, 2.45) is 0 Å². The average molecular weight is 465 g/mol. The van der Waals surface area contributed by atoms with Crippen LogP contribution in [0, 0.1) is 5.82 Å². The van der Waals surface area contributed by atoms with Crippen LogP contribution in [0.15, 0.2) is 64.4 Å². The minimum absolute atomic E-state index is 0.0182. The van der Waals surface area contributed by atoms with E-state index in [9.17, 15) is 18.8 Å². The lowest BCUT2D eigenvalue weighted by molar-refractivity contribution is -0.116. The molecule has 11 heteroatoms. The van der Waals surface area contributed by atoms with Crippen molar-refractivity contribution < 1.29 is 18.7 Å². The number of methoxy groups -OCH3 is 2. The number of rotatable bonds is 7. The predicted molar refractivity (Wildman–Crippen MR) is 122 cm³/mol. The molecule has 4 aromatic rings. The molecule has 0 aliphatic heterocycles. The molecule has 2 aromatic heterocycles. The Balaban J connectivity index is 1.70. The summed E-state index contributed by atoms with van der Waals surface area (Å²) in [7, 11) is 2.97. The predicted octanol–water partition coefficient (Wildman–Crippen LogP) is 1.80. The van der Waals surface area contributed by atoms with Crippen LogP contribution in [0.5, 0.6) is 11.5 Å². The van der Waals surface area contributed by atoms with Gasteiger partial charge in [-0.15, -0.1) is 0 Å². The van der Waals surface area contributed by atoms with Crippen LogP contribution in [-0.4, -0.2) is 39.2 Å². The summed E-state index contributed by atoms with van der Waals surface area (Å²) in [5.41, 5.74) is -0.534. The molecule has 0 radical (unpaired) electrons. The van der Waals surface area contributed by atoms with Crippen molar-refractivity contribution in [3.05, 3.63) is 87.1 Å². The molecule has 0 aliphatic carbocycles. The molecular weight excluding hydrogens is 445 g/mol. The van der Waals surface area contributed by atoms with Crippen molar-refractivity contribution in [2.75, 3.05) is 19.5 Å². The molecule has 2 aromatic carbocycles. The van der Waals surface area contributed by atoms with E-state index in [1.165, 1.54) is 50.9 Å². The highest BCUT2D eigenvalue weighted by Gasteiger charge is 2.18. The van der Waals surface area contributed by atoms with E-state index in [1.807, 2.05) is 0 Å². The van der Waals surface area contributed by atoms with Crippen LogP contribution in [0.4, 0.5) is 10.1 Å². The van der Waals surface area contributed by atoms with Gasteiger partial charge in [0.1, 0.15) is 12.4 Å². The zero-order chi connectivity index (χ0) is 24.2. The fraction of sp³-hybridized carbons (Fsp3) is 0.174. The summed E-state index contributed by atoms with van der Waals surface area (Å²) in [6, 6.07) is 10.2. The molecule has 10 nitrogen and oxygen atoms in total. The molecule has 174 valence electrons. The first kappa shape index (κ1) is 22.6. The van der Waals surface area contributed by atoms with Crippen molar-refractivity contribution in [2.45, 2.75) is 13.1 Å². The molecule has 0 spiro atoms. The van der Waals surface area contributed by atoms with Gasteiger partial charge in [-0.3, -0.25) is 18.7 Å². The lowest BCUT2D eigenvalue weighted by Crippen LogP contribution is -2.42. The summed E-state index contributed by atoms with van der Waals surface area (Å²) < 4.78 is 25.7. The van der Waals surface area contributed by atoms with Gasteiger partial charge in [0.2, 0.25) is 5.91 Å².